The third-order valence-corrected chi connectivity index (χ3v) is 3.88. The normalized spacial score (nSPS) is 19.4. The van der Waals surface area contributed by atoms with Crippen molar-refractivity contribution in [3.05, 3.63) is 35.4 Å². The number of hydrogen-bond acceptors (Lipinski definition) is 2. The Labute approximate surface area is 110 Å². The first-order chi connectivity index (χ1) is 8.98. The predicted molar refractivity (Wildman–Crippen MR) is 66.8 cm³/mol. The Morgan fingerprint density at radius 3 is 2.47 bits per heavy atom. The average molecular weight is 273 g/mol. The molecule has 0 saturated carbocycles. The molecular weight excluding hydrogens is 255 g/mol. The number of hydrogen-bond donors (Lipinski definition) is 1. The van der Waals surface area contributed by atoms with Crippen LogP contribution in [-0.2, 0) is 16.3 Å². The molecule has 0 radical (unpaired) electrons. The van der Waals surface area contributed by atoms with Crippen LogP contribution >= 0.6 is 0 Å². The third kappa shape index (κ3) is 3.09. The first kappa shape index (κ1) is 14.3. The van der Waals surface area contributed by atoms with Gasteiger partial charge in [0.25, 0.3) is 0 Å². The Kier molecular flexibility index (Phi) is 4.16. The van der Waals surface area contributed by atoms with Crippen LogP contribution in [0.5, 0.6) is 0 Å². The Morgan fingerprint density at radius 1 is 1.21 bits per heavy atom. The molecule has 1 saturated heterocycles. The smallest absolute Gasteiger partial charge is 0.381 e. The second kappa shape index (κ2) is 5.51. The van der Waals surface area contributed by atoms with E-state index in [1.165, 1.54) is 12.1 Å². The molecule has 0 spiro atoms. The highest BCUT2D eigenvalue weighted by molar-refractivity contribution is 5.32. The highest BCUT2D eigenvalue weighted by Gasteiger charge is 2.36. The molecule has 1 aliphatic heterocycles. The molecule has 5 heteroatoms. The summed E-state index contributed by atoms with van der Waals surface area (Å²) in [6.45, 7) is 1.63. The molecule has 1 aliphatic rings. The molecule has 0 aromatic heterocycles. The average Bonchev–Trinajstić information content (AvgIpc) is 2.39. The van der Waals surface area contributed by atoms with E-state index in [-0.39, 0.29) is 5.41 Å². The topological polar surface area (TPSA) is 35.2 Å². The molecule has 0 aliphatic carbocycles. The number of nitrogens with two attached hydrogens (primary N) is 1. The monoisotopic (exact) mass is 273 g/mol. The second-order valence-corrected chi connectivity index (χ2v) is 5.01. The fraction of sp³-hybridized carbons (Fsp3) is 0.571. The van der Waals surface area contributed by atoms with Crippen LogP contribution in [0.3, 0.4) is 0 Å². The molecule has 19 heavy (non-hydrogen) atoms. The molecule has 1 aromatic rings. The van der Waals surface area contributed by atoms with Crippen LogP contribution < -0.4 is 5.73 Å². The van der Waals surface area contributed by atoms with Gasteiger partial charge in [0.15, 0.2) is 0 Å². The maximum absolute atomic E-state index is 12.8. The number of benzene rings is 1. The lowest BCUT2D eigenvalue weighted by molar-refractivity contribution is -0.137. The lowest BCUT2D eigenvalue weighted by Crippen LogP contribution is -2.36. The van der Waals surface area contributed by atoms with Crippen molar-refractivity contribution in [3.63, 3.8) is 0 Å². The van der Waals surface area contributed by atoms with Crippen LogP contribution in [0.15, 0.2) is 24.3 Å². The van der Waals surface area contributed by atoms with E-state index in [9.17, 15) is 13.2 Å². The molecular formula is C14H18F3NO. The van der Waals surface area contributed by atoms with Crippen molar-refractivity contribution in [2.24, 2.45) is 5.73 Å². The standard InChI is InChI=1S/C14H18F3NO/c15-14(16,17)12-3-1-2-11(10-12)13(4-7-18)5-8-19-9-6-13/h1-3,10H,4-9,18H2. The molecule has 2 N–H and O–H groups in total. The van der Waals surface area contributed by atoms with Crippen molar-refractivity contribution in [2.75, 3.05) is 19.8 Å². The highest BCUT2D eigenvalue weighted by Crippen LogP contribution is 2.40. The summed E-state index contributed by atoms with van der Waals surface area (Å²) >= 11 is 0. The molecule has 2 rings (SSSR count). The maximum atomic E-state index is 12.8. The minimum atomic E-state index is -4.30. The molecule has 2 nitrogen and oxygen atoms in total. The Bertz CT molecular complexity index is 419. The molecule has 0 unspecified atom stereocenters. The summed E-state index contributed by atoms with van der Waals surface area (Å²) in [5.74, 6) is 0. The van der Waals surface area contributed by atoms with Crippen molar-refractivity contribution < 1.29 is 17.9 Å². The minimum absolute atomic E-state index is 0.270. The van der Waals surface area contributed by atoms with Gasteiger partial charge >= 0.3 is 6.18 Å². The van der Waals surface area contributed by atoms with Crippen LogP contribution in [0.2, 0.25) is 0 Å². The van der Waals surface area contributed by atoms with Gasteiger partial charge in [-0.25, -0.2) is 0 Å². The molecule has 0 atom stereocenters. The van der Waals surface area contributed by atoms with Gasteiger partial charge in [0, 0.05) is 18.6 Å². The lowest BCUT2D eigenvalue weighted by atomic mass is 9.71. The van der Waals surface area contributed by atoms with Gasteiger partial charge in [0.1, 0.15) is 0 Å². The Hall–Kier alpha value is -1.07. The fourth-order valence-corrected chi connectivity index (χ4v) is 2.75. The zero-order valence-corrected chi connectivity index (χ0v) is 10.7. The van der Waals surface area contributed by atoms with Gasteiger partial charge in [-0.1, -0.05) is 18.2 Å². The molecule has 106 valence electrons. The third-order valence-electron chi connectivity index (χ3n) is 3.88. The maximum Gasteiger partial charge on any atom is 0.416 e. The fourth-order valence-electron chi connectivity index (χ4n) is 2.75. The molecule has 0 bridgehead atoms. The molecule has 1 aromatic carbocycles. The van der Waals surface area contributed by atoms with Crippen LogP contribution in [-0.4, -0.2) is 19.8 Å². The van der Waals surface area contributed by atoms with Gasteiger partial charge in [-0.05, 0) is 37.4 Å². The Morgan fingerprint density at radius 2 is 1.89 bits per heavy atom. The van der Waals surface area contributed by atoms with E-state index >= 15 is 0 Å². The summed E-state index contributed by atoms with van der Waals surface area (Å²) in [4.78, 5) is 0. The van der Waals surface area contributed by atoms with Gasteiger partial charge in [-0.15, -0.1) is 0 Å². The summed E-state index contributed by atoms with van der Waals surface area (Å²) in [7, 11) is 0. The first-order valence-corrected chi connectivity index (χ1v) is 6.43. The van der Waals surface area contributed by atoms with Crippen molar-refractivity contribution in [3.8, 4) is 0 Å². The van der Waals surface area contributed by atoms with Gasteiger partial charge in [0.2, 0.25) is 0 Å². The SMILES string of the molecule is NCCC1(c2cccc(C(F)(F)F)c2)CCOCC1. The van der Waals surface area contributed by atoms with Crippen molar-refractivity contribution in [1.29, 1.82) is 0 Å². The van der Waals surface area contributed by atoms with E-state index in [2.05, 4.69) is 0 Å². The van der Waals surface area contributed by atoms with E-state index in [1.807, 2.05) is 0 Å². The number of ether oxygens (including phenoxy) is 1. The second-order valence-electron chi connectivity index (χ2n) is 5.01. The number of halogens is 3. The summed E-state index contributed by atoms with van der Waals surface area (Å²) in [6.07, 6.45) is -2.15. The first-order valence-electron chi connectivity index (χ1n) is 6.43. The molecule has 1 heterocycles. The van der Waals surface area contributed by atoms with Crippen molar-refractivity contribution >= 4 is 0 Å². The lowest BCUT2D eigenvalue weighted by Gasteiger charge is -2.38. The van der Waals surface area contributed by atoms with E-state index in [0.717, 1.165) is 24.5 Å². The van der Waals surface area contributed by atoms with Crippen molar-refractivity contribution in [2.45, 2.75) is 30.9 Å². The van der Waals surface area contributed by atoms with Crippen LogP contribution in [0.4, 0.5) is 13.2 Å². The van der Waals surface area contributed by atoms with E-state index in [4.69, 9.17) is 10.5 Å². The summed E-state index contributed by atoms with van der Waals surface area (Å²) < 4.78 is 43.7. The number of alkyl halides is 3. The van der Waals surface area contributed by atoms with Gasteiger partial charge in [0.05, 0.1) is 5.56 Å². The summed E-state index contributed by atoms with van der Waals surface area (Å²) in [6, 6.07) is 5.63. The van der Waals surface area contributed by atoms with Crippen LogP contribution in [0.1, 0.15) is 30.4 Å². The van der Waals surface area contributed by atoms with Gasteiger partial charge < -0.3 is 10.5 Å². The van der Waals surface area contributed by atoms with E-state index in [1.54, 1.807) is 6.07 Å². The zero-order valence-electron chi connectivity index (χ0n) is 10.7. The van der Waals surface area contributed by atoms with Crippen LogP contribution in [0, 0.1) is 0 Å². The van der Waals surface area contributed by atoms with E-state index in [0.29, 0.717) is 26.2 Å². The Balaban J connectivity index is 2.36. The summed E-state index contributed by atoms with van der Waals surface area (Å²) in [5, 5.41) is 0. The quantitative estimate of drug-likeness (QED) is 0.918. The van der Waals surface area contributed by atoms with E-state index < -0.39 is 11.7 Å². The molecule has 0 amide bonds. The predicted octanol–water partition coefficient (Wildman–Crippen LogP) is 3.10. The van der Waals surface area contributed by atoms with Gasteiger partial charge in [-0.2, -0.15) is 13.2 Å². The van der Waals surface area contributed by atoms with Gasteiger partial charge in [-0.3, -0.25) is 0 Å². The highest BCUT2D eigenvalue weighted by atomic mass is 19.4. The van der Waals surface area contributed by atoms with Crippen molar-refractivity contribution in [1.82, 2.24) is 0 Å². The minimum Gasteiger partial charge on any atom is -0.381 e. The number of rotatable bonds is 3. The summed E-state index contributed by atoms with van der Waals surface area (Å²) in [5.41, 5.74) is 5.52. The zero-order chi connectivity index (χ0) is 13.9. The molecule has 1 fully saturated rings. The largest absolute Gasteiger partial charge is 0.416 e. The van der Waals surface area contributed by atoms with Crippen LogP contribution in [0.25, 0.3) is 0 Å².